The minimum absolute atomic E-state index is 0. The van der Waals surface area contributed by atoms with Crippen LogP contribution in [0.2, 0.25) is 0 Å². The summed E-state index contributed by atoms with van der Waals surface area (Å²) in [6, 6.07) is 0. The number of hydrogen-bond donors (Lipinski definition) is 4. The van der Waals surface area contributed by atoms with Crippen LogP contribution in [0, 0.1) is 0 Å². The SMILES string of the molecule is O.O.O=C(O)CC(O)(CC(=O)O)C(=O)O.O=C([O-])[O-].[Na+].[Na+]. The Morgan fingerprint density at radius 2 is 1.00 bits per heavy atom. The van der Waals surface area contributed by atoms with Crippen LogP contribution in [0.1, 0.15) is 12.8 Å². The molecular weight excluding hydrogens is 322 g/mol. The van der Waals surface area contributed by atoms with Crippen LogP contribution in [0.5, 0.6) is 0 Å². The summed E-state index contributed by atoms with van der Waals surface area (Å²) >= 11 is 0. The Balaban J connectivity index is -0.0000000629. The van der Waals surface area contributed by atoms with Crippen LogP contribution in [0.4, 0.5) is 4.79 Å². The summed E-state index contributed by atoms with van der Waals surface area (Å²) < 4.78 is 0. The molecule has 114 valence electrons. The second-order valence-electron chi connectivity index (χ2n) is 2.73. The number of aliphatic hydroxyl groups is 1. The van der Waals surface area contributed by atoms with E-state index >= 15 is 0 Å². The summed E-state index contributed by atoms with van der Waals surface area (Å²) in [5.41, 5.74) is -2.74. The third-order valence-corrected chi connectivity index (χ3v) is 1.29. The molecule has 14 heteroatoms. The quantitative estimate of drug-likeness (QED) is 0.345. The number of aliphatic carboxylic acids is 3. The number of rotatable bonds is 5. The first-order valence-electron chi connectivity index (χ1n) is 3.78. The van der Waals surface area contributed by atoms with Gasteiger partial charge in [0.15, 0.2) is 5.60 Å². The van der Waals surface area contributed by atoms with Gasteiger partial charge in [-0.3, -0.25) is 9.59 Å². The molecule has 0 bridgehead atoms. The molecule has 0 unspecified atom stereocenters. The predicted molar refractivity (Wildman–Crippen MR) is 49.7 cm³/mol. The molecule has 0 fully saturated rings. The van der Waals surface area contributed by atoms with Gasteiger partial charge in [-0.2, -0.15) is 0 Å². The van der Waals surface area contributed by atoms with E-state index in [1.807, 2.05) is 0 Å². The molecular formula is C7H12Na2O12. The smallest absolute Gasteiger partial charge is 0.652 e. The predicted octanol–water partition coefficient (Wildman–Crippen LogP) is -11.3. The van der Waals surface area contributed by atoms with Crippen molar-refractivity contribution in [2.24, 2.45) is 0 Å². The molecule has 0 saturated carbocycles. The van der Waals surface area contributed by atoms with Gasteiger partial charge in [0.1, 0.15) is 0 Å². The molecule has 0 rings (SSSR count). The molecule has 21 heavy (non-hydrogen) atoms. The molecule has 0 heterocycles. The Kier molecular flexibility index (Phi) is 31.1. The monoisotopic (exact) mass is 334 g/mol. The largest absolute Gasteiger partial charge is 1.00 e. The van der Waals surface area contributed by atoms with Gasteiger partial charge in [0.25, 0.3) is 0 Å². The van der Waals surface area contributed by atoms with Gasteiger partial charge in [0.2, 0.25) is 0 Å². The van der Waals surface area contributed by atoms with Crippen molar-refractivity contribution in [1.82, 2.24) is 0 Å². The molecule has 0 aliphatic carbocycles. The molecule has 0 saturated heterocycles. The standard InChI is InChI=1S/C6H8O7.CH2O3.2Na.2H2O/c7-3(8)1-6(13,5(11)12)2-4(9)10;2-1(3)4;;;;/h13H,1-2H2,(H,7,8)(H,9,10)(H,11,12);(H2,2,3,4);;;2*1H2/q;;2*+1;;/p-2. The van der Waals surface area contributed by atoms with Gasteiger partial charge < -0.3 is 46.4 Å². The third kappa shape index (κ3) is 24.9. The molecule has 0 aliphatic rings. The van der Waals surface area contributed by atoms with E-state index in [-0.39, 0.29) is 70.1 Å². The zero-order valence-corrected chi connectivity index (χ0v) is 15.2. The maximum absolute atomic E-state index is 10.3. The summed E-state index contributed by atoms with van der Waals surface area (Å²) in [5, 5.41) is 50.5. The molecule has 8 N–H and O–H groups in total. The summed E-state index contributed by atoms with van der Waals surface area (Å²) in [7, 11) is 0. The average molecular weight is 334 g/mol. The van der Waals surface area contributed by atoms with Gasteiger partial charge in [0, 0.05) is 0 Å². The van der Waals surface area contributed by atoms with Crippen LogP contribution in [0.25, 0.3) is 0 Å². The van der Waals surface area contributed by atoms with Crippen LogP contribution in [-0.4, -0.2) is 61.0 Å². The third-order valence-electron chi connectivity index (χ3n) is 1.29. The molecule has 0 aromatic heterocycles. The summed E-state index contributed by atoms with van der Waals surface area (Å²) in [4.78, 5) is 38.8. The second-order valence-corrected chi connectivity index (χ2v) is 2.73. The van der Waals surface area contributed by atoms with Crippen LogP contribution in [-0.2, 0) is 14.4 Å². The van der Waals surface area contributed by atoms with Crippen molar-refractivity contribution in [2.45, 2.75) is 18.4 Å². The maximum Gasteiger partial charge on any atom is 1.00 e. The van der Waals surface area contributed by atoms with E-state index in [1.165, 1.54) is 0 Å². The first kappa shape index (κ1) is 37.1. The van der Waals surface area contributed by atoms with Crippen molar-refractivity contribution in [3.63, 3.8) is 0 Å². The summed E-state index contributed by atoms with van der Waals surface area (Å²) in [6.07, 6.45) is -4.62. The number of carbonyl (C=O) groups excluding carboxylic acids is 1. The molecule has 0 aliphatic heterocycles. The zero-order chi connectivity index (χ0) is 14.2. The van der Waals surface area contributed by atoms with Gasteiger partial charge in [-0.1, -0.05) is 0 Å². The van der Waals surface area contributed by atoms with E-state index < -0.39 is 42.5 Å². The van der Waals surface area contributed by atoms with Gasteiger partial charge in [0.05, 0.1) is 12.8 Å². The Hall–Kier alpha value is -0.440. The summed E-state index contributed by atoms with van der Waals surface area (Å²) in [5.74, 6) is -5.02. The van der Waals surface area contributed by atoms with Gasteiger partial charge in [-0.15, -0.1) is 0 Å². The fourth-order valence-corrected chi connectivity index (χ4v) is 0.714. The zero-order valence-electron chi connectivity index (χ0n) is 11.2. The minimum atomic E-state index is -2.74. The van der Waals surface area contributed by atoms with Gasteiger partial charge in [-0.25, -0.2) is 4.79 Å². The van der Waals surface area contributed by atoms with Crippen LogP contribution < -0.4 is 69.3 Å². The molecule has 0 spiro atoms. The fraction of sp³-hybridized carbons (Fsp3) is 0.429. The van der Waals surface area contributed by atoms with Crippen LogP contribution in [0.3, 0.4) is 0 Å². The van der Waals surface area contributed by atoms with E-state index in [9.17, 15) is 14.4 Å². The van der Waals surface area contributed by atoms with Crippen molar-refractivity contribution in [3.8, 4) is 0 Å². The first-order valence-corrected chi connectivity index (χ1v) is 3.78. The normalized spacial score (nSPS) is 7.86. The number of carbonyl (C=O) groups is 4. The van der Waals surface area contributed by atoms with Crippen molar-refractivity contribution < 1.29 is 120 Å². The van der Waals surface area contributed by atoms with Crippen molar-refractivity contribution in [3.05, 3.63) is 0 Å². The molecule has 12 nitrogen and oxygen atoms in total. The second kappa shape index (κ2) is 17.6. The molecule has 0 aromatic carbocycles. The van der Waals surface area contributed by atoms with Gasteiger partial charge >= 0.3 is 77.0 Å². The molecule has 0 radical (unpaired) electrons. The summed E-state index contributed by atoms with van der Waals surface area (Å²) in [6.45, 7) is 0. The Morgan fingerprint density at radius 1 is 0.810 bits per heavy atom. The first-order chi connectivity index (χ1) is 7.51. The number of carboxylic acid groups (broad SMARTS) is 5. The molecule has 0 atom stereocenters. The molecule has 0 amide bonds. The van der Waals surface area contributed by atoms with Crippen LogP contribution in [0.15, 0.2) is 0 Å². The number of hydrogen-bond acceptors (Lipinski definition) is 7. The maximum atomic E-state index is 10.3. The van der Waals surface area contributed by atoms with Crippen LogP contribution >= 0.6 is 0 Å². The van der Waals surface area contributed by atoms with E-state index in [0.29, 0.717) is 0 Å². The number of carboxylic acids is 3. The topological polar surface area (TPSA) is 258 Å². The van der Waals surface area contributed by atoms with Crippen molar-refractivity contribution in [2.75, 3.05) is 0 Å². The van der Waals surface area contributed by atoms with Gasteiger partial charge in [-0.05, 0) is 6.16 Å². The Bertz CT molecular complexity index is 310. The van der Waals surface area contributed by atoms with E-state index in [0.717, 1.165) is 0 Å². The van der Waals surface area contributed by atoms with E-state index in [2.05, 4.69) is 0 Å². The molecule has 0 aromatic rings. The van der Waals surface area contributed by atoms with Crippen molar-refractivity contribution >= 4 is 24.1 Å². The Morgan fingerprint density at radius 3 is 1.10 bits per heavy atom. The average Bonchev–Trinajstić information content (AvgIpc) is 1.98. The minimum Gasteiger partial charge on any atom is -0.652 e. The van der Waals surface area contributed by atoms with E-state index in [4.69, 9.17) is 35.4 Å². The fourth-order valence-electron chi connectivity index (χ4n) is 0.714. The Labute approximate surface area is 161 Å². The van der Waals surface area contributed by atoms with E-state index in [1.54, 1.807) is 0 Å². The van der Waals surface area contributed by atoms with Crippen molar-refractivity contribution in [1.29, 1.82) is 0 Å².